The summed E-state index contributed by atoms with van der Waals surface area (Å²) in [5, 5.41) is 14.3. The minimum Gasteiger partial charge on any atom is -1.00 e. The van der Waals surface area contributed by atoms with E-state index in [1.807, 2.05) is 27.2 Å². The van der Waals surface area contributed by atoms with Crippen molar-refractivity contribution in [1.29, 1.82) is 0 Å². The smallest absolute Gasteiger partial charge is 0.199 e. The number of ketones is 1. The van der Waals surface area contributed by atoms with E-state index in [1.54, 1.807) is 42.6 Å². The van der Waals surface area contributed by atoms with Crippen LogP contribution in [0.15, 0.2) is 52.0 Å². The number of carbonyl (C=O) groups is 1. The molecule has 0 amide bonds. The standard InChI is InChI=1S/C16H19N2O3.HI/c1-18(2,3)17-11-13-9-10-14(21-13)16(20)15(19)12-7-5-4-6-8-12;/h4-11,16,20H,1-3H3;1H/q+1;/p-1/b17-11+;. The van der Waals surface area contributed by atoms with Crippen LogP contribution in [0, 0.1) is 0 Å². The third-order valence-corrected chi connectivity index (χ3v) is 2.76. The summed E-state index contributed by atoms with van der Waals surface area (Å²) < 4.78 is 5.86. The fraction of sp³-hybridized carbons (Fsp3) is 0.250. The van der Waals surface area contributed by atoms with E-state index in [1.165, 1.54) is 0 Å². The lowest BCUT2D eigenvalue weighted by Gasteiger charge is -2.13. The van der Waals surface area contributed by atoms with Crippen LogP contribution in [0.25, 0.3) is 0 Å². The maximum Gasteiger partial charge on any atom is 0.199 e. The van der Waals surface area contributed by atoms with Gasteiger partial charge in [-0.25, -0.2) is 4.59 Å². The van der Waals surface area contributed by atoms with E-state index >= 15 is 0 Å². The highest BCUT2D eigenvalue weighted by molar-refractivity contribution is 5.99. The lowest BCUT2D eigenvalue weighted by atomic mass is 10.1. The van der Waals surface area contributed by atoms with Crippen molar-refractivity contribution in [2.45, 2.75) is 6.10 Å². The van der Waals surface area contributed by atoms with Crippen LogP contribution in [0.5, 0.6) is 0 Å². The second kappa shape index (κ2) is 7.66. The van der Waals surface area contributed by atoms with Crippen molar-refractivity contribution in [2.24, 2.45) is 5.10 Å². The fourth-order valence-corrected chi connectivity index (χ4v) is 1.70. The molecule has 2 rings (SSSR count). The maximum atomic E-state index is 12.1. The number of hydrogen-bond acceptors (Lipinski definition) is 4. The van der Waals surface area contributed by atoms with Gasteiger partial charge in [-0.15, -0.1) is 0 Å². The molecule has 0 aliphatic rings. The minimum absolute atomic E-state index is 0. The average Bonchev–Trinajstić information content (AvgIpc) is 2.93. The number of hydrogen-bond donors (Lipinski definition) is 1. The number of aliphatic hydroxyl groups excluding tert-OH is 1. The van der Waals surface area contributed by atoms with Crippen LogP contribution in [-0.2, 0) is 0 Å². The lowest BCUT2D eigenvalue weighted by molar-refractivity contribution is -0.876. The van der Waals surface area contributed by atoms with Crippen molar-refractivity contribution in [3.05, 3.63) is 59.5 Å². The van der Waals surface area contributed by atoms with Crippen LogP contribution in [0.4, 0.5) is 0 Å². The van der Waals surface area contributed by atoms with E-state index in [0.29, 0.717) is 15.9 Å². The van der Waals surface area contributed by atoms with Crippen LogP contribution in [0.3, 0.4) is 0 Å². The van der Waals surface area contributed by atoms with E-state index in [-0.39, 0.29) is 35.5 Å². The molecule has 5 nitrogen and oxygen atoms in total. The van der Waals surface area contributed by atoms with E-state index < -0.39 is 6.10 Å². The largest absolute Gasteiger partial charge is 1.00 e. The summed E-state index contributed by atoms with van der Waals surface area (Å²) in [4.78, 5) is 12.1. The third kappa shape index (κ3) is 5.04. The number of nitrogens with zero attached hydrogens (tertiary/aromatic N) is 2. The van der Waals surface area contributed by atoms with E-state index in [4.69, 9.17) is 4.42 Å². The molecule has 1 aromatic carbocycles. The zero-order chi connectivity index (χ0) is 15.5. The molecule has 0 bridgehead atoms. The molecule has 1 atom stereocenters. The Morgan fingerprint density at radius 2 is 1.82 bits per heavy atom. The second-order valence-electron chi connectivity index (χ2n) is 5.56. The predicted molar refractivity (Wildman–Crippen MR) is 80.1 cm³/mol. The molecule has 1 heterocycles. The highest BCUT2D eigenvalue weighted by Gasteiger charge is 2.22. The molecule has 1 aromatic heterocycles. The van der Waals surface area contributed by atoms with Crippen molar-refractivity contribution < 1.29 is 42.9 Å². The molecule has 2 aromatic rings. The molecular weight excluding hydrogens is 395 g/mol. The molecule has 0 aliphatic heterocycles. The topological polar surface area (TPSA) is 62.8 Å². The highest BCUT2D eigenvalue weighted by atomic mass is 127. The molecule has 1 unspecified atom stereocenters. The van der Waals surface area contributed by atoms with Crippen LogP contribution in [0.2, 0.25) is 0 Å². The zero-order valence-electron chi connectivity index (χ0n) is 12.7. The number of carbonyl (C=O) groups excluding carboxylic acids is 1. The van der Waals surface area contributed by atoms with Gasteiger partial charge in [0.25, 0.3) is 0 Å². The molecule has 6 heteroatoms. The number of benzene rings is 1. The first-order chi connectivity index (χ1) is 9.87. The number of furan rings is 1. The van der Waals surface area contributed by atoms with Crippen molar-refractivity contribution >= 4 is 12.0 Å². The Bertz CT molecular complexity index is 645. The Morgan fingerprint density at radius 1 is 1.18 bits per heavy atom. The Balaban J connectivity index is 0.00000242. The average molecular weight is 414 g/mol. The first kappa shape index (κ1) is 18.5. The third-order valence-electron chi connectivity index (χ3n) is 2.76. The zero-order valence-corrected chi connectivity index (χ0v) is 14.9. The first-order valence-corrected chi connectivity index (χ1v) is 6.61. The Hall–Kier alpha value is -1.51. The molecule has 0 radical (unpaired) electrons. The number of halogens is 1. The second-order valence-corrected chi connectivity index (χ2v) is 5.56. The lowest BCUT2D eigenvalue weighted by Crippen LogP contribution is -3.00. The van der Waals surface area contributed by atoms with Crippen LogP contribution in [-0.4, -0.2) is 42.8 Å². The minimum atomic E-state index is -1.31. The van der Waals surface area contributed by atoms with Crippen LogP contribution in [0.1, 0.15) is 28.0 Å². The maximum absolute atomic E-state index is 12.1. The van der Waals surface area contributed by atoms with Gasteiger partial charge in [-0.1, -0.05) is 35.4 Å². The number of rotatable bonds is 5. The summed E-state index contributed by atoms with van der Waals surface area (Å²) in [7, 11) is 5.73. The first-order valence-electron chi connectivity index (χ1n) is 6.61. The van der Waals surface area contributed by atoms with Gasteiger partial charge in [0.05, 0.1) is 21.1 Å². The van der Waals surface area contributed by atoms with Gasteiger partial charge in [0.1, 0.15) is 12.0 Å². The Kier molecular flexibility index (Phi) is 6.46. The van der Waals surface area contributed by atoms with Gasteiger partial charge >= 0.3 is 0 Å². The van der Waals surface area contributed by atoms with Crippen LogP contribution >= 0.6 is 0 Å². The summed E-state index contributed by atoms with van der Waals surface area (Å²) >= 11 is 0. The van der Waals surface area contributed by atoms with E-state index in [0.717, 1.165) is 0 Å². The highest BCUT2D eigenvalue weighted by Crippen LogP contribution is 2.20. The molecule has 0 fully saturated rings. The number of aliphatic hydroxyl groups is 1. The summed E-state index contributed by atoms with van der Waals surface area (Å²) in [6.45, 7) is 0. The van der Waals surface area contributed by atoms with E-state index in [2.05, 4.69) is 5.10 Å². The molecular formula is C16H19IN2O3. The Morgan fingerprint density at radius 3 is 2.41 bits per heavy atom. The SMILES string of the molecule is C[N+](C)(C)/N=C/c1ccc(C(O)C(=O)c2ccccc2)o1.[I-]. The van der Waals surface area contributed by atoms with Gasteiger partial charge < -0.3 is 33.5 Å². The molecule has 0 aliphatic carbocycles. The van der Waals surface area contributed by atoms with E-state index in [9.17, 15) is 9.90 Å². The van der Waals surface area contributed by atoms with Gasteiger partial charge in [0.2, 0.25) is 0 Å². The fourth-order valence-electron chi connectivity index (χ4n) is 1.70. The van der Waals surface area contributed by atoms with Gasteiger partial charge in [0.15, 0.2) is 17.6 Å². The van der Waals surface area contributed by atoms with Gasteiger partial charge in [-0.05, 0) is 12.1 Å². The summed E-state index contributed by atoms with van der Waals surface area (Å²) in [5.41, 5.74) is 0.447. The molecule has 118 valence electrons. The number of quaternary nitrogens is 1. The number of Topliss-reactive ketones (excluding diaryl/α,β-unsaturated/α-hetero) is 1. The van der Waals surface area contributed by atoms with Gasteiger partial charge in [-0.3, -0.25) is 4.79 Å². The molecule has 1 N–H and O–H groups in total. The van der Waals surface area contributed by atoms with Crippen molar-refractivity contribution in [1.82, 2.24) is 0 Å². The molecule has 0 saturated carbocycles. The van der Waals surface area contributed by atoms with Crippen molar-refractivity contribution in [2.75, 3.05) is 21.1 Å². The van der Waals surface area contributed by atoms with Crippen LogP contribution < -0.4 is 24.0 Å². The molecule has 0 saturated heterocycles. The summed E-state index contributed by atoms with van der Waals surface area (Å²) in [5.74, 6) is 0.324. The normalized spacial score (nSPS) is 12.9. The van der Waals surface area contributed by atoms with Crippen molar-refractivity contribution in [3.8, 4) is 0 Å². The Labute approximate surface area is 146 Å². The molecule has 22 heavy (non-hydrogen) atoms. The van der Waals surface area contributed by atoms with Crippen molar-refractivity contribution in [3.63, 3.8) is 0 Å². The monoisotopic (exact) mass is 414 g/mol. The predicted octanol–water partition coefficient (Wildman–Crippen LogP) is -0.760. The molecule has 0 spiro atoms. The van der Waals surface area contributed by atoms with Gasteiger partial charge in [-0.2, -0.15) is 0 Å². The quantitative estimate of drug-likeness (QED) is 0.230. The van der Waals surface area contributed by atoms with Gasteiger partial charge in [0, 0.05) is 5.56 Å². The summed E-state index contributed by atoms with van der Waals surface area (Å²) in [6.07, 6.45) is 0.266. The summed E-state index contributed by atoms with van der Waals surface area (Å²) in [6, 6.07) is 11.9.